The molecule has 0 radical (unpaired) electrons. The third-order valence-corrected chi connectivity index (χ3v) is 6.06. The van der Waals surface area contributed by atoms with Gasteiger partial charge in [-0.15, -0.1) is 0 Å². The Kier molecular flexibility index (Phi) is 6.68. The topological polar surface area (TPSA) is 64.0 Å². The molecule has 4 rings (SSSR count). The van der Waals surface area contributed by atoms with Gasteiger partial charge in [-0.25, -0.2) is 9.99 Å². The van der Waals surface area contributed by atoms with Crippen LogP contribution in [0.4, 0.5) is 0 Å². The van der Waals surface area contributed by atoms with Gasteiger partial charge in [0.1, 0.15) is 10.3 Å². The van der Waals surface area contributed by atoms with Gasteiger partial charge >= 0.3 is 0 Å². The molecule has 8 heteroatoms. The third kappa shape index (κ3) is 4.80. The first kappa shape index (κ1) is 21.9. The van der Waals surface area contributed by atoms with Gasteiger partial charge in [0.2, 0.25) is 5.91 Å². The zero-order chi connectivity index (χ0) is 22.0. The molecule has 0 N–H and O–H groups in total. The van der Waals surface area contributed by atoms with Gasteiger partial charge in [0.15, 0.2) is 11.5 Å². The number of hydrazone groups is 1. The monoisotopic (exact) mass is 461 g/mol. The molecule has 0 spiro atoms. The summed E-state index contributed by atoms with van der Waals surface area (Å²) < 4.78 is 12.0. The second-order valence-corrected chi connectivity index (χ2v) is 8.57. The fourth-order valence-electron chi connectivity index (χ4n) is 4.15. The number of hydrogen-bond donors (Lipinski definition) is 0. The van der Waals surface area contributed by atoms with E-state index in [2.05, 4.69) is 10.1 Å². The van der Waals surface area contributed by atoms with Gasteiger partial charge in [-0.2, -0.15) is 5.10 Å². The maximum Gasteiger partial charge on any atom is 0.242 e. The molecule has 1 fully saturated rings. The molecular weight excluding hydrogens is 437 g/mol. The second kappa shape index (κ2) is 9.45. The number of rotatable bonds is 6. The van der Waals surface area contributed by atoms with E-state index in [1.54, 1.807) is 19.2 Å². The molecule has 31 heavy (non-hydrogen) atoms. The van der Waals surface area contributed by atoms with Crippen molar-refractivity contribution in [3.8, 4) is 11.5 Å². The van der Waals surface area contributed by atoms with E-state index in [0.717, 1.165) is 35.2 Å². The van der Waals surface area contributed by atoms with Crippen LogP contribution in [0.15, 0.2) is 29.4 Å². The summed E-state index contributed by atoms with van der Waals surface area (Å²) in [5, 5.41) is 6.83. The average Bonchev–Trinajstić information content (AvgIpc) is 3.26. The molecule has 2 heterocycles. The summed E-state index contributed by atoms with van der Waals surface area (Å²) >= 11 is 12.2. The fourth-order valence-corrected chi connectivity index (χ4v) is 4.65. The maximum absolute atomic E-state index is 12.6. The first-order valence-electron chi connectivity index (χ1n) is 10.5. The van der Waals surface area contributed by atoms with E-state index in [-0.39, 0.29) is 12.0 Å². The standard InChI is InChI=1S/C23H25Cl2N3O3/c1-3-22(29)28-13-17-16(18(27-28)10-14-11-20(24)26-21(25)12-14)8-9-19(30-2)23(17)31-15-6-4-5-7-15/h8-9,11-12,15H,3-7,10,13H2,1-2H3. The summed E-state index contributed by atoms with van der Waals surface area (Å²) in [4.78, 5) is 16.6. The largest absolute Gasteiger partial charge is 0.493 e. The number of nitrogens with zero attached hydrogens (tertiary/aromatic N) is 3. The first-order valence-corrected chi connectivity index (χ1v) is 11.3. The number of carbonyl (C=O) groups is 1. The van der Waals surface area contributed by atoms with Gasteiger partial charge in [0.25, 0.3) is 0 Å². The second-order valence-electron chi connectivity index (χ2n) is 7.80. The quantitative estimate of drug-likeness (QED) is 0.538. The Balaban J connectivity index is 1.77. The van der Waals surface area contributed by atoms with Crippen LogP contribution >= 0.6 is 23.2 Å². The highest BCUT2D eigenvalue weighted by molar-refractivity contribution is 6.32. The van der Waals surface area contributed by atoms with Crippen LogP contribution in [0.3, 0.4) is 0 Å². The van der Waals surface area contributed by atoms with Crippen molar-refractivity contribution in [3.63, 3.8) is 0 Å². The van der Waals surface area contributed by atoms with Gasteiger partial charge < -0.3 is 9.47 Å². The van der Waals surface area contributed by atoms with Crippen molar-refractivity contribution in [1.82, 2.24) is 9.99 Å². The molecule has 1 aromatic carbocycles. The third-order valence-electron chi connectivity index (χ3n) is 5.68. The zero-order valence-corrected chi connectivity index (χ0v) is 19.2. The van der Waals surface area contributed by atoms with Crippen molar-refractivity contribution in [2.24, 2.45) is 5.10 Å². The molecule has 0 atom stereocenters. The highest BCUT2D eigenvalue weighted by atomic mass is 35.5. The molecule has 1 aliphatic carbocycles. The number of amides is 1. The van der Waals surface area contributed by atoms with Crippen LogP contribution in [0.2, 0.25) is 10.3 Å². The van der Waals surface area contributed by atoms with Crippen molar-refractivity contribution < 1.29 is 14.3 Å². The van der Waals surface area contributed by atoms with E-state index in [4.69, 9.17) is 32.7 Å². The number of methoxy groups -OCH3 is 1. The van der Waals surface area contributed by atoms with Crippen LogP contribution in [0.25, 0.3) is 0 Å². The van der Waals surface area contributed by atoms with Crippen LogP contribution in [0.1, 0.15) is 55.7 Å². The van der Waals surface area contributed by atoms with Crippen molar-refractivity contribution in [1.29, 1.82) is 0 Å². The first-order chi connectivity index (χ1) is 15.0. The van der Waals surface area contributed by atoms with Gasteiger partial charge in [0.05, 0.1) is 25.5 Å². The molecular formula is C23H25Cl2N3O3. The summed E-state index contributed by atoms with van der Waals surface area (Å²) in [5.41, 5.74) is 3.48. The summed E-state index contributed by atoms with van der Waals surface area (Å²) in [6.45, 7) is 2.18. The highest BCUT2D eigenvalue weighted by Gasteiger charge is 2.29. The van der Waals surface area contributed by atoms with Crippen molar-refractivity contribution in [2.45, 2.75) is 58.1 Å². The SMILES string of the molecule is CCC(=O)N1Cc2c(ccc(OC)c2OC2CCCC2)C(Cc2cc(Cl)nc(Cl)c2)=N1. The molecule has 164 valence electrons. The molecule has 6 nitrogen and oxygen atoms in total. The lowest BCUT2D eigenvalue weighted by molar-refractivity contribution is -0.131. The number of ether oxygens (including phenoxy) is 2. The Labute approximate surface area is 192 Å². The number of halogens is 2. The summed E-state index contributed by atoms with van der Waals surface area (Å²) in [6.07, 6.45) is 5.37. The van der Waals surface area contributed by atoms with Crippen LogP contribution in [0, 0.1) is 0 Å². The highest BCUT2D eigenvalue weighted by Crippen LogP contribution is 2.39. The number of benzene rings is 1. The molecule has 0 bridgehead atoms. The predicted octanol–water partition coefficient (Wildman–Crippen LogP) is 5.42. The van der Waals surface area contributed by atoms with Gasteiger partial charge in [-0.05, 0) is 55.5 Å². The van der Waals surface area contributed by atoms with Gasteiger partial charge in [0, 0.05) is 24.0 Å². The summed E-state index contributed by atoms with van der Waals surface area (Å²) in [6, 6.07) is 7.40. The molecule has 2 aromatic rings. The minimum Gasteiger partial charge on any atom is -0.493 e. The van der Waals surface area contributed by atoms with E-state index in [0.29, 0.717) is 41.2 Å². The van der Waals surface area contributed by atoms with Crippen LogP contribution in [0.5, 0.6) is 11.5 Å². The maximum atomic E-state index is 12.6. The Morgan fingerprint density at radius 1 is 1.19 bits per heavy atom. The fraction of sp³-hybridized carbons (Fsp3) is 0.435. The molecule has 2 aliphatic rings. The smallest absolute Gasteiger partial charge is 0.242 e. The lowest BCUT2D eigenvalue weighted by Gasteiger charge is -2.29. The number of carbonyl (C=O) groups excluding carboxylic acids is 1. The molecule has 0 saturated heterocycles. The average molecular weight is 462 g/mol. The Morgan fingerprint density at radius 2 is 1.90 bits per heavy atom. The number of aromatic nitrogens is 1. The normalized spacial score (nSPS) is 16.1. The molecule has 1 aliphatic heterocycles. The van der Waals surface area contributed by atoms with Crippen molar-refractivity contribution in [2.75, 3.05) is 7.11 Å². The minimum atomic E-state index is -0.0522. The van der Waals surface area contributed by atoms with E-state index in [1.165, 1.54) is 17.9 Å². The van der Waals surface area contributed by atoms with E-state index >= 15 is 0 Å². The Morgan fingerprint density at radius 3 is 2.55 bits per heavy atom. The van der Waals surface area contributed by atoms with Crippen LogP contribution in [-0.4, -0.2) is 34.8 Å². The molecule has 1 saturated carbocycles. The lowest BCUT2D eigenvalue weighted by atomic mass is 9.95. The van der Waals surface area contributed by atoms with Crippen LogP contribution in [-0.2, 0) is 17.8 Å². The van der Waals surface area contributed by atoms with Gasteiger partial charge in [-0.3, -0.25) is 4.79 Å². The predicted molar refractivity (Wildman–Crippen MR) is 121 cm³/mol. The van der Waals surface area contributed by atoms with E-state index in [9.17, 15) is 4.79 Å². The molecule has 0 unspecified atom stereocenters. The Bertz CT molecular complexity index is 999. The van der Waals surface area contributed by atoms with E-state index in [1.807, 2.05) is 19.1 Å². The number of pyridine rings is 1. The summed E-state index contributed by atoms with van der Waals surface area (Å²) in [7, 11) is 1.64. The summed E-state index contributed by atoms with van der Waals surface area (Å²) in [5.74, 6) is 1.33. The number of hydrogen-bond acceptors (Lipinski definition) is 5. The zero-order valence-electron chi connectivity index (χ0n) is 17.7. The minimum absolute atomic E-state index is 0.0522. The number of fused-ring (bicyclic) bond motifs is 1. The van der Waals surface area contributed by atoms with E-state index < -0.39 is 0 Å². The van der Waals surface area contributed by atoms with Gasteiger partial charge in [-0.1, -0.05) is 30.1 Å². The Hall–Kier alpha value is -2.31. The van der Waals surface area contributed by atoms with Crippen LogP contribution < -0.4 is 9.47 Å². The molecule has 1 amide bonds. The molecule has 1 aromatic heterocycles. The lowest BCUT2D eigenvalue weighted by Crippen LogP contribution is -2.32. The van der Waals surface area contributed by atoms with Crippen molar-refractivity contribution in [3.05, 3.63) is 51.3 Å². The van der Waals surface area contributed by atoms with Crippen molar-refractivity contribution >= 4 is 34.8 Å².